The summed E-state index contributed by atoms with van der Waals surface area (Å²) >= 11 is 0. The lowest BCUT2D eigenvalue weighted by atomic mass is 9.76. The number of carbonyl (C=O) groups excluding carboxylic acids is 2. The Hall–Kier alpha value is -0.900. The SMILES string of the molecule is CCC1CCC(CN)C(N2C(=O)CCCC2=O)C1. The summed E-state index contributed by atoms with van der Waals surface area (Å²) in [4.78, 5) is 25.6. The van der Waals surface area contributed by atoms with Gasteiger partial charge in [0, 0.05) is 18.9 Å². The zero-order valence-electron chi connectivity index (χ0n) is 11.2. The molecule has 0 aromatic carbocycles. The van der Waals surface area contributed by atoms with Crippen LogP contribution in [0.5, 0.6) is 0 Å². The van der Waals surface area contributed by atoms with Crippen LogP contribution in [0.2, 0.25) is 0 Å². The number of imide groups is 1. The van der Waals surface area contributed by atoms with E-state index in [1.807, 2.05) is 0 Å². The fraction of sp³-hybridized carbons (Fsp3) is 0.857. The van der Waals surface area contributed by atoms with Gasteiger partial charge in [-0.15, -0.1) is 0 Å². The Balaban J connectivity index is 2.15. The lowest BCUT2D eigenvalue weighted by molar-refractivity contribution is -0.153. The topological polar surface area (TPSA) is 63.4 Å². The first-order chi connectivity index (χ1) is 8.67. The third kappa shape index (κ3) is 2.58. The highest BCUT2D eigenvalue weighted by molar-refractivity contribution is 5.97. The molecule has 1 heterocycles. The maximum Gasteiger partial charge on any atom is 0.229 e. The van der Waals surface area contributed by atoms with Crippen LogP contribution in [0.3, 0.4) is 0 Å². The van der Waals surface area contributed by atoms with Crippen molar-refractivity contribution in [2.75, 3.05) is 6.54 Å². The molecule has 0 bridgehead atoms. The van der Waals surface area contributed by atoms with Crippen LogP contribution in [0.4, 0.5) is 0 Å². The molecule has 0 spiro atoms. The van der Waals surface area contributed by atoms with Crippen LogP contribution in [-0.2, 0) is 9.59 Å². The molecule has 4 heteroatoms. The van der Waals surface area contributed by atoms with Crippen LogP contribution < -0.4 is 5.73 Å². The maximum absolute atomic E-state index is 12.0. The Bertz CT molecular complexity index is 314. The summed E-state index contributed by atoms with van der Waals surface area (Å²) in [7, 11) is 0. The smallest absolute Gasteiger partial charge is 0.229 e. The predicted octanol–water partition coefficient (Wildman–Crippen LogP) is 1.68. The Morgan fingerprint density at radius 3 is 2.44 bits per heavy atom. The molecule has 0 aromatic rings. The monoisotopic (exact) mass is 252 g/mol. The average Bonchev–Trinajstić information content (AvgIpc) is 2.38. The van der Waals surface area contributed by atoms with E-state index >= 15 is 0 Å². The van der Waals surface area contributed by atoms with Crippen molar-refractivity contribution >= 4 is 11.8 Å². The summed E-state index contributed by atoms with van der Waals surface area (Å²) in [5.74, 6) is 0.983. The Kier molecular flexibility index (Phi) is 4.38. The lowest BCUT2D eigenvalue weighted by Crippen LogP contribution is -2.53. The van der Waals surface area contributed by atoms with Crippen molar-refractivity contribution in [2.24, 2.45) is 17.6 Å². The lowest BCUT2D eigenvalue weighted by Gasteiger charge is -2.42. The van der Waals surface area contributed by atoms with Crippen molar-refractivity contribution in [3.63, 3.8) is 0 Å². The summed E-state index contributed by atoms with van der Waals surface area (Å²) < 4.78 is 0. The van der Waals surface area contributed by atoms with Gasteiger partial charge in [0.25, 0.3) is 0 Å². The van der Waals surface area contributed by atoms with Gasteiger partial charge >= 0.3 is 0 Å². The minimum atomic E-state index is 0.0199. The molecule has 3 atom stereocenters. The van der Waals surface area contributed by atoms with E-state index in [1.165, 1.54) is 6.42 Å². The van der Waals surface area contributed by atoms with Gasteiger partial charge < -0.3 is 5.73 Å². The molecule has 3 unspecified atom stereocenters. The molecule has 0 radical (unpaired) electrons. The number of carbonyl (C=O) groups is 2. The molecular weight excluding hydrogens is 228 g/mol. The molecule has 102 valence electrons. The number of nitrogens with zero attached hydrogens (tertiary/aromatic N) is 1. The highest BCUT2D eigenvalue weighted by Crippen LogP contribution is 2.35. The molecule has 1 saturated carbocycles. The first-order valence-electron chi connectivity index (χ1n) is 7.22. The largest absolute Gasteiger partial charge is 0.330 e. The van der Waals surface area contributed by atoms with Gasteiger partial charge in [-0.1, -0.05) is 13.3 Å². The van der Waals surface area contributed by atoms with Crippen LogP contribution in [-0.4, -0.2) is 29.3 Å². The van der Waals surface area contributed by atoms with Crippen molar-refractivity contribution < 1.29 is 9.59 Å². The van der Waals surface area contributed by atoms with Crippen molar-refractivity contribution in [1.82, 2.24) is 4.90 Å². The van der Waals surface area contributed by atoms with Crippen LogP contribution in [0, 0.1) is 11.8 Å². The van der Waals surface area contributed by atoms with Gasteiger partial charge in [0.15, 0.2) is 0 Å². The molecule has 2 amide bonds. The fourth-order valence-electron chi connectivity index (χ4n) is 3.40. The Labute approximate surface area is 109 Å². The van der Waals surface area contributed by atoms with Gasteiger partial charge in [-0.05, 0) is 44.1 Å². The summed E-state index contributed by atoms with van der Waals surface area (Å²) in [6, 6.07) is 0.0639. The van der Waals surface area contributed by atoms with Crippen molar-refractivity contribution in [1.29, 1.82) is 0 Å². The molecule has 2 rings (SSSR count). The summed E-state index contributed by atoms with van der Waals surface area (Å²) in [6.07, 6.45) is 6.08. The zero-order valence-corrected chi connectivity index (χ0v) is 11.2. The second kappa shape index (κ2) is 5.83. The van der Waals surface area contributed by atoms with E-state index in [0.717, 1.165) is 19.3 Å². The van der Waals surface area contributed by atoms with Gasteiger partial charge in [-0.25, -0.2) is 0 Å². The van der Waals surface area contributed by atoms with E-state index in [2.05, 4.69) is 6.92 Å². The number of amides is 2. The first kappa shape index (κ1) is 13.5. The normalized spacial score (nSPS) is 33.9. The highest BCUT2D eigenvalue weighted by Gasteiger charge is 2.39. The molecule has 2 fully saturated rings. The molecule has 4 nitrogen and oxygen atoms in total. The van der Waals surface area contributed by atoms with Gasteiger partial charge in [0.1, 0.15) is 0 Å². The van der Waals surface area contributed by atoms with Crippen LogP contribution in [0.1, 0.15) is 51.9 Å². The number of nitrogens with two attached hydrogens (primary N) is 1. The number of hydrogen-bond acceptors (Lipinski definition) is 3. The molecule has 2 aliphatic rings. The van der Waals surface area contributed by atoms with Crippen LogP contribution in [0.25, 0.3) is 0 Å². The molecular formula is C14H24N2O2. The second-order valence-electron chi connectivity index (χ2n) is 5.66. The molecule has 2 N–H and O–H groups in total. The van der Waals surface area contributed by atoms with E-state index < -0.39 is 0 Å². The van der Waals surface area contributed by atoms with Crippen LogP contribution in [0.15, 0.2) is 0 Å². The van der Waals surface area contributed by atoms with E-state index in [1.54, 1.807) is 4.90 Å². The molecule has 1 aliphatic carbocycles. The van der Waals surface area contributed by atoms with Crippen molar-refractivity contribution in [2.45, 2.75) is 57.9 Å². The molecule has 18 heavy (non-hydrogen) atoms. The Morgan fingerprint density at radius 1 is 1.22 bits per heavy atom. The first-order valence-corrected chi connectivity index (χ1v) is 7.22. The van der Waals surface area contributed by atoms with Gasteiger partial charge in [0.2, 0.25) is 11.8 Å². The van der Waals surface area contributed by atoms with Crippen molar-refractivity contribution in [3.8, 4) is 0 Å². The third-order valence-corrected chi connectivity index (χ3v) is 4.60. The van der Waals surface area contributed by atoms with Gasteiger partial charge in [0.05, 0.1) is 0 Å². The quantitative estimate of drug-likeness (QED) is 0.777. The fourth-order valence-corrected chi connectivity index (χ4v) is 3.40. The average molecular weight is 252 g/mol. The van der Waals surface area contributed by atoms with E-state index in [0.29, 0.717) is 37.6 Å². The Morgan fingerprint density at radius 2 is 1.89 bits per heavy atom. The molecule has 1 aliphatic heterocycles. The predicted molar refractivity (Wildman–Crippen MR) is 69.7 cm³/mol. The molecule has 1 saturated heterocycles. The number of piperidine rings is 1. The summed E-state index contributed by atoms with van der Waals surface area (Å²) in [5, 5.41) is 0. The van der Waals surface area contributed by atoms with E-state index in [4.69, 9.17) is 5.73 Å². The van der Waals surface area contributed by atoms with E-state index in [-0.39, 0.29) is 17.9 Å². The van der Waals surface area contributed by atoms with E-state index in [9.17, 15) is 9.59 Å². The highest BCUT2D eigenvalue weighted by atomic mass is 16.2. The zero-order chi connectivity index (χ0) is 13.1. The molecule has 0 aromatic heterocycles. The number of rotatable bonds is 3. The minimum absolute atomic E-state index is 0.0199. The van der Waals surface area contributed by atoms with Gasteiger partial charge in [-0.3, -0.25) is 14.5 Å². The minimum Gasteiger partial charge on any atom is -0.330 e. The summed E-state index contributed by atoms with van der Waals surface area (Å²) in [6.45, 7) is 2.77. The number of likely N-dealkylation sites (tertiary alicyclic amines) is 1. The summed E-state index contributed by atoms with van der Waals surface area (Å²) in [5.41, 5.74) is 5.83. The standard InChI is InChI=1S/C14H24N2O2/c1-2-10-6-7-11(9-15)12(8-10)16-13(17)4-3-5-14(16)18/h10-12H,2-9,15H2,1H3. The third-order valence-electron chi connectivity index (χ3n) is 4.60. The maximum atomic E-state index is 12.0. The number of hydrogen-bond donors (Lipinski definition) is 1. The van der Waals surface area contributed by atoms with Gasteiger partial charge in [-0.2, -0.15) is 0 Å². The second-order valence-corrected chi connectivity index (χ2v) is 5.66. The van der Waals surface area contributed by atoms with Crippen molar-refractivity contribution in [3.05, 3.63) is 0 Å². The van der Waals surface area contributed by atoms with Crippen LogP contribution >= 0.6 is 0 Å².